The van der Waals surface area contributed by atoms with Crippen LogP contribution in [0.2, 0.25) is 0 Å². The molecule has 110 valence electrons. The highest BCUT2D eigenvalue weighted by Gasteiger charge is 2.26. The molecule has 0 aliphatic carbocycles. The number of aryl methyl sites for hydroxylation is 1. The first-order valence-corrected chi connectivity index (χ1v) is 6.69. The van der Waals surface area contributed by atoms with Gasteiger partial charge in [0.15, 0.2) is 0 Å². The van der Waals surface area contributed by atoms with Crippen LogP contribution in [-0.4, -0.2) is 53.4 Å². The molecule has 7 heteroatoms. The van der Waals surface area contributed by atoms with E-state index in [2.05, 4.69) is 15.2 Å². The van der Waals surface area contributed by atoms with Crippen molar-refractivity contribution in [1.29, 1.82) is 0 Å². The van der Waals surface area contributed by atoms with Crippen molar-refractivity contribution >= 4 is 12.0 Å². The predicted molar refractivity (Wildman–Crippen MR) is 72.2 cm³/mol. The second-order valence-corrected chi connectivity index (χ2v) is 4.93. The van der Waals surface area contributed by atoms with Gasteiger partial charge >= 0.3 is 12.0 Å². The van der Waals surface area contributed by atoms with Gasteiger partial charge in [-0.2, -0.15) is 5.10 Å². The number of piperidine rings is 1. The summed E-state index contributed by atoms with van der Waals surface area (Å²) < 4.78 is 6.27. The standard InChI is InChI=1S/C13H20N4O3/c1-16-7-5-11(15-16)10-4-3-6-17(9-10)13(19)14-8-12(18)20-2/h5,7,10H,3-4,6,8-9H2,1-2H3,(H,14,19)/t10-/m0/s1. The van der Waals surface area contributed by atoms with Crippen LogP contribution in [0.4, 0.5) is 4.79 Å². The monoisotopic (exact) mass is 280 g/mol. The smallest absolute Gasteiger partial charge is 0.325 e. The normalized spacial score (nSPS) is 18.7. The van der Waals surface area contributed by atoms with E-state index in [9.17, 15) is 9.59 Å². The first-order valence-electron chi connectivity index (χ1n) is 6.69. The Balaban J connectivity index is 1.89. The number of nitrogens with zero attached hydrogens (tertiary/aromatic N) is 3. The molecule has 0 bridgehead atoms. The number of likely N-dealkylation sites (tertiary alicyclic amines) is 1. The third kappa shape index (κ3) is 3.49. The van der Waals surface area contributed by atoms with Crippen molar-refractivity contribution in [1.82, 2.24) is 20.0 Å². The highest BCUT2D eigenvalue weighted by atomic mass is 16.5. The molecule has 1 saturated heterocycles. The van der Waals surface area contributed by atoms with Crippen molar-refractivity contribution in [3.05, 3.63) is 18.0 Å². The van der Waals surface area contributed by atoms with Crippen LogP contribution in [0, 0.1) is 0 Å². The number of nitrogens with one attached hydrogen (secondary N) is 1. The van der Waals surface area contributed by atoms with E-state index >= 15 is 0 Å². The van der Waals surface area contributed by atoms with Crippen molar-refractivity contribution < 1.29 is 14.3 Å². The van der Waals surface area contributed by atoms with Crippen LogP contribution < -0.4 is 5.32 Å². The van der Waals surface area contributed by atoms with E-state index in [-0.39, 0.29) is 18.5 Å². The van der Waals surface area contributed by atoms with Gasteiger partial charge in [0, 0.05) is 32.3 Å². The molecule has 2 heterocycles. The molecule has 20 heavy (non-hydrogen) atoms. The molecule has 1 atom stereocenters. The molecule has 0 spiro atoms. The highest BCUT2D eigenvalue weighted by molar-refractivity contribution is 5.80. The maximum Gasteiger partial charge on any atom is 0.325 e. The van der Waals surface area contributed by atoms with Crippen LogP contribution in [0.15, 0.2) is 12.3 Å². The molecule has 0 radical (unpaired) electrons. The van der Waals surface area contributed by atoms with Crippen molar-refractivity contribution in [2.24, 2.45) is 7.05 Å². The predicted octanol–water partition coefficient (Wildman–Crippen LogP) is 0.482. The van der Waals surface area contributed by atoms with E-state index in [0.717, 1.165) is 18.5 Å². The fourth-order valence-electron chi connectivity index (χ4n) is 2.39. The van der Waals surface area contributed by atoms with Gasteiger partial charge < -0.3 is 15.0 Å². The molecule has 0 saturated carbocycles. The van der Waals surface area contributed by atoms with Crippen molar-refractivity contribution in [3.63, 3.8) is 0 Å². The summed E-state index contributed by atoms with van der Waals surface area (Å²) in [6, 6.07) is 1.76. The molecule has 0 unspecified atom stereocenters. The number of urea groups is 1. The van der Waals surface area contributed by atoms with Gasteiger partial charge in [-0.15, -0.1) is 0 Å². The minimum Gasteiger partial charge on any atom is -0.468 e. The maximum absolute atomic E-state index is 12.0. The van der Waals surface area contributed by atoms with Crippen LogP contribution >= 0.6 is 0 Å². The summed E-state index contributed by atoms with van der Waals surface area (Å²) in [6.45, 7) is 1.24. The van der Waals surface area contributed by atoms with Crippen LogP contribution in [0.1, 0.15) is 24.5 Å². The Labute approximate surface area is 117 Å². The Morgan fingerprint density at radius 3 is 3.00 bits per heavy atom. The number of ether oxygens (including phenoxy) is 1. The zero-order valence-electron chi connectivity index (χ0n) is 11.8. The molecule has 7 nitrogen and oxygen atoms in total. The average molecular weight is 280 g/mol. The Hall–Kier alpha value is -2.05. The van der Waals surface area contributed by atoms with Crippen LogP contribution in [0.3, 0.4) is 0 Å². The van der Waals surface area contributed by atoms with Crippen LogP contribution in [0.5, 0.6) is 0 Å². The summed E-state index contributed by atoms with van der Waals surface area (Å²) in [4.78, 5) is 24.7. The van der Waals surface area contributed by atoms with Crippen LogP contribution in [-0.2, 0) is 16.6 Å². The number of hydrogen-bond acceptors (Lipinski definition) is 4. The summed E-state index contributed by atoms with van der Waals surface area (Å²) in [7, 11) is 3.18. The minimum absolute atomic E-state index is 0.0971. The molecule has 1 N–H and O–H groups in total. The largest absolute Gasteiger partial charge is 0.468 e. The molecular formula is C13H20N4O3. The van der Waals surface area contributed by atoms with Gasteiger partial charge in [0.25, 0.3) is 0 Å². The number of methoxy groups -OCH3 is 1. The van der Waals surface area contributed by atoms with Crippen molar-refractivity contribution in [2.75, 3.05) is 26.7 Å². The summed E-state index contributed by atoms with van der Waals surface area (Å²) >= 11 is 0. The molecule has 1 aliphatic heterocycles. The molecule has 1 aromatic heterocycles. The maximum atomic E-state index is 12.0. The van der Waals surface area contributed by atoms with Crippen molar-refractivity contribution in [3.8, 4) is 0 Å². The topological polar surface area (TPSA) is 76.5 Å². The fraction of sp³-hybridized carbons (Fsp3) is 0.615. The molecule has 0 aromatic carbocycles. The number of carbonyl (C=O) groups excluding carboxylic acids is 2. The summed E-state index contributed by atoms with van der Waals surface area (Å²) in [5.74, 6) is -0.189. The summed E-state index contributed by atoms with van der Waals surface area (Å²) in [5.41, 5.74) is 1.01. The van der Waals surface area contributed by atoms with Gasteiger partial charge in [-0.05, 0) is 18.9 Å². The highest BCUT2D eigenvalue weighted by Crippen LogP contribution is 2.25. The molecule has 2 rings (SSSR count). The lowest BCUT2D eigenvalue weighted by atomic mass is 9.95. The van der Waals surface area contributed by atoms with Gasteiger partial charge in [0.05, 0.1) is 12.8 Å². The Bertz CT molecular complexity index is 486. The Kier molecular flexibility index (Phi) is 4.60. The third-order valence-electron chi connectivity index (χ3n) is 3.47. The van der Waals surface area contributed by atoms with Gasteiger partial charge in [0.1, 0.15) is 6.54 Å². The molecule has 1 aromatic rings. The molecule has 1 aliphatic rings. The van der Waals surface area contributed by atoms with E-state index < -0.39 is 5.97 Å². The van der Waals surface area contributed by atoms with Crippen molar-refractivity contribution in [2.45, 2.75) is 18.8 Å². The summed E-state index contributed by atoms with van der Waals surface area (Å²) in [5, 5.41) is 6.97. The summed E-state index contributed by atoms with van der Waals surface area (Å²) in [6.07, 6.45) is 3.87. The van der Waals surface area contributed by atoms with E-state index in [0.29, 0.717) is 13.1 Å². The number of carbonyl (C=O) groups is 2. The van der Waals surface area contributed by atoms with Gasteiger partial charge in [0.2, 0.25) is 0 Å². The second kappa shape index (κ2) is 6.40. The van der Waals surface area contributed by atoms with Gasteiger partial charge in [-0.3, -0.25) is 9.48 Å². The number of esters is 1. The lowest BCUT2D eigenvalue weighted by molar-refractivity contribution is -0.139. The third-order valence-corrected chi connectivity index (χ3v) is 3.47. The molecule has 2 amide bonds. The number of amides is 2. The SMILES string of the molecule is COC(=O)CNC(=O)N1CCC[C@H](c2ccn(C)n2)C1. The lowest BCUT2D eigenvalue weighted by Gasteiger charge is -2.31. The number of aromatic nitrogens is 2. The van der Waals surface area contributed by atoms with E-state index in [4.69, 9.17) is 0 Å². The van der Waals surface area contributed by atoms with E-state index in [1.165, 1.54) is 7.11 Å². The molecule has 1 fully saturated rings. The molecular weight excluding hydrogens is 260 g/mol. The van der Waals surface area contributed by atoms with Gasteiger partial charge in [-0.1, -0.05) is 0 Å². The second-order valence-electron chi connectivity index (χ2n) is 4.93. The fourth-order valence-corrected chi connectivity index (χ4v) is 2.39. The first kappa shape index (κ1) is 14.4. The van der Waals surface area contributed by atoms with E-state index in [1.807, 2.05) is 19.3 Å². The lowest BCUT2D eigenvalue weighted by Crippen LogP contribution is -2.46. The van der Waals surface area contributed by atoms with E-state index in [1.54, 1.807) is 9.58 Å². The number of rotatable bonds is 3. The quantitative estimate of drug-likeness (QED) is 0.817. The Morgan fingerprint density at radius 2 is 2.35 bits per heavy atom. The minimum atomic E-state index is -0.448. The van der Waals surface area contributed by atoms with Gasteiger partial charge in [-0.25, -0.2) is 4.79 Å². The zero-order chi connectivity index (χ0) is 14.5. The Morgan fingerprint density at radius 1 is 1.55 bits per heavy atom. The number of hydrogen-bond donors (Lipinski definition) is 1. The zero-order valence-corrected chi connectivity index (χ0v) is 11.8. The first-order chi connectivity index (χ1) is 9.60. The van der Waals surface area contributed by atoms with Crippen LogP contribution in [0.25, 0.3) is 0 Å². The average Bonchev–Trinajstić information content (AvgIpc) is 2.91.